The Morgan fingerprint density at radius 3 is 1.36 bits per heavy atom. The van der Waals surface area contributed by atoms with Crippen molar-refractivity contribution < 1.29 is 9.47 Å². The van der Waals surface area contributed by atoms with Crippen molar-refractivity contribution in [1.29, 1.82) is 0 Å². The second kappa shape index (κ2) is 17.1. The molecule has 1 heterocycles. The maximum absolute atomic E-state index is 6.83. The molecule has 0 spiro atoms. The average Bonchev–Trinajstić information content (AvgIpc) is 3.83. The molecule has 0 N–H and O–H groups in total. The molecular formula is C72H50N2O2. The number of fused-ring (bicyclic) bond motifs is 5. The van der Waals surface area contributed by atoms with Gasteiger partial charge in [-0.1, -0.05) is 182 Å². The molecular weight excluding hydrogens is 925 g/mol. The smallest absolute Gasteiger partial charge is 0.128 e. The predicted molar refractivity (Wildman–Crippen MR) is 308 cm³/mol. The van der Waals surface area contributed by atoms with Crippen LogP contribution in [0.4, 0.5) is 17.1 Å². The molecule has 0 aliphatic heterocycles. The van der Waals surface area contributed by atoms with E-state index in [1.807, 2.05) is 0 Å². The normalized spacial score (nSPS) is 17.1. The number of para-hydroxylation sites is 1. The third-order valence-corrected chi connectivity index (χ3v) is 16.8. The van der Waals surface area contributed by atoms with E-state index in [4.69, 9.17) is 9.47 Å². The molecule has 0 radical (unpaired) electrons. The fraction of sp³-hybridized carbons (Fsp3) is 0.0833. The van der Waals surface area contributed by atoms with E-state index in [-0.39, 0.29) is 24.0 Å². The monoisotopic (exact) mass is 974 g/mol. The molecule has 0 fully saturated rings. The highest BCUT2D eigenvalue weighted by molar-refractivity contribution is 6.10. The molecule has 17 rings (SSSR count). The molecule has 12 aromatic rings. The molecule has 4 nitrogen and oxygen atoms in total. The first-order valence-corrected chi connectivity index (χ1v) is 26.7. The Kier molecular flexibility index (Phi) is 9.68. The molecule has 5 aliphatic carbocycles. The van der Waals surface area contributed by atoms with Crippen LogP contribution in [0.25, 0.3) is 49.7 Å². The van der Waals surface area contributed by atoms with Crippen LogP contribution >= 0.6 is 0 Å². The Bertz CT molecular complexity index is 4150. The minimum absolute atomic E-state index is 0.00697. The summed E-state index contributed by atoms with van der Waals surface area (Å²) in [5.74, 6) is 2.02. The maximum Gasteiger partial charge on any atom is 0.128 e. The SMILES string of the molecule is c1ccc(-c2ccc(N(c3ccc(-c4ccc5c(c4)c4ccccc4n5-c4cc(OC5Cc6ccccc65)cc(OC5Cc6ccccc65)c4)cc3)c3ccc4c(c3)C3c5ccccc5C4c4ccccc43)cc2)cc1. The van der Waals surface area contributed by atoms with Gasteiger partial charge >= 0.3 is 0 Å². The van der Waals surface area contributed by atoms with Crippen LogP contribution < -0.4 is 14.4 Å². The lowest BCUT2D eigenvalue weighted by Crippen LogP contribution is -2.27. The molecule has 2 bridgehead atoms. The lowest BCUT2D eigenvalue weighted by atomic mass is 9.61. The summed E-state index contributed by atoms with van der Waals surface area (Å²) >= 11 is 0. The molecule has 1 aromatic heterocycles. The minimum atomic E-state index is 0.00697. The van der Waals surface area contributed by atoms with Crippen LogP contribution in [0.3, 0.4) is 0 Å². The number of benzene rings is 11. The molecule has 0 saturated heterocycles. The highest BCUT2D eigenvalue weighted by atomic mass is 16.5. The lowest BCUT2D eigenvalue weighted by molar-refractivity contribution is 0.170. The highest BCUT2D eigenvalue weighted by Crippen LogP contribution is 2.57. The van der Waals surface area contributed by atoms with Gasteiger partial charge in [-0.05, 0) is 132 Å². The number of anilines is 3. The zero-order chi connectivity index (χ0) is 49.8. The summed E-state index contributed by atoms with van der Waals surface area (Å²) in [6, 6.07) is 93.6. The number of aromatic nitrogens is 1. The van der Waals surface area contributed by atoms with E-state index in [1.165, 1.54) is 77.5 Å². The van der Waals surface area contributed by atoms with E-state index in [0.717, 1.165) is 69.3 Å². The first-order valence-electron chi connectivity index (χ1n) is 26.7. The molecule has 11 aromatic carbocycles. The van der Waals surface area contributed by atoms with Gasteiger partial charge in [0.1, 0.15) is 23.7 Å². The zero-order valence-electron chi connectivity index (χ0n) is 41.7. The second-order valence-electron chi connectivity index (χ2n) is 21.0. The van der Waals surface area contributed by atoms with Crippen LogP contribution in [0.2, 0.25) is 0 Å². The average molecular weight is 975 g/mol. The van der Waals surface area contributed by atoms with E-state index in [0.29, 0.717) is 0 Å². The van der Waals surface area contributed by atoms with E-state index in [1.54, 1.807) is 0 Å². The van der Waals surface area contributed by atoms with Gasteiger partial charge in [-0.2, -0.15) is 0 Å². The van der Waals surface area contributed by atoms with E-state index < -0.39 is 0 Å². The number of rotatable bonds is 10. The number of hydrogen-bond donors (Lipinski definition) is 0. The summed E-state index contributed by atoms with van der Waals surface area (Å²) in [6.07, 6.45) is 1.80. The molecule has 76 heavy (non-hydrogen) atoms. The Hall–Kier alpha value is -9.38. The number of ether oxygens (including phenoxy) is 2. The van der Waals surface area contributed by atoms with Crippen LogP contribution in [0.5, 0.6) is 11.5 Å². The van der Waals surface area contributed by atoms with Crippen molar-refractivity contribution in [2.45, 2.75) is 36.9 Å². The van der Waals surface area contributed by atoms with Gasteiger partial charge < -0.3 is 18.9 Å². The van der Waals surface area contributed by atoms with Crippen molar-refractivity contribution in [2.24, 2.45) is 0 Å². The Morgan fingerprint density at radius 1 is 0.316 bits per heavy atom. The van der Waals surface area contributed by atoms with Crippen LogP contribution in [0.15, 0.2) is 255 Å². The number of nitrogens with zero attached hydrogens (tertiary/aromatic N) is 2. The van der Waals surface area contributed by atoms with Crippen molar-refractivity contribution >= 4 is 38.9 Å². The van der Waals surface area contributed by atoms with Gasteiger partial charge in [-0.15, -0.1) is 0 Å². The third-order valence-electron chi connectivity index (χ3n) is 16.8. The molecule has 0 amide bonds. The van der Waals surface area contributed by atoms with Gasteiger partial charge in [0.05, 0.1) is 16.7 Å². The quantitative estimate of drug-likeness (QED) is 0.137. The van der Waals surface area contributed by atoms with Gasteiger partial charge in [0.25, 0.3) is 0 Å². The topological polar surface area (TPSA) is 26.6 Å². The summed E-state index contributed by atoms with van der Waals surface area (Å²) in [6.45, 7) is 0. The molecule has 0 saturated carbocycles. The van der Waals surface area contributed by atoms with Crippen molar-refractivity contribution in [2.75, 3.05) is 4.90 Å². The van der Waals surface area contributed by atoms with Crippen LogP contribution in [0, 0.1) is 0 Å². The maximum atomic E-state index is 6.83. The Morgan fingerprint density at radius 2 is 0.763 bits per heavy atom. The Labute approximate surface area is 442 Å². The summed E-state index contributed by atoms with van der Waals surface area (Å²) in [4.78, 5) is 2.43. The van der Waals surface area contributed by atoms with Crippen molar-refractivity contribution in [1.82, 2.24) is 4.57 Å². The van der Waals surface area contributed by atoms with Crippen molar-refractivity contribution in [3.8, 4) is 39.4 Å². The largest absolute Gasteiger partial charge is 0.485 e. The van der Waals surface area contributed by atoms with Gasteiger partial charge in [-0.25, -0.2) is 0 Å². The van der Waals surface area contributed by atoms with E-state index in [2.05, 4.69) is 264 Å². The van der Waals surface area contributed by atoms with Crippen LogP contribution in [-0.2, 0) is 12.8 Å². The third kappa shape index (κ3) is 6.83. The standard InChI is InChI=1S/C72H50N2O2/c1-2-14-45(15-3-1)46-26-31-51(32-27-46)73(53-35-36-64-66(43-53)72-62-23-10-8-21-60(62)71(64)61-22-9-11-24-63(61)72)52-33-28-47(29-34-52)48-30-37-68-65(38-48)59-20-12-13-25-67(59)74(68)54-41-55(75-69-39-49-16-4-6-18-57(49)69)44-56(42-54)76-70-40-50-17-5-7-19-58(50)70/h1-38,41-44,69-72H,39-40H2. The lowest BCUT2D eigenvalue weighted by Gasteiger charge is -2.42. The van der Waals surface area contributed by atoms with E-state index >= 15 is 0 Å². The number of hydrogen-bond acceptors (Lipinski definition) is 3. The van der Waals surface area contributed by atoms with Crippen LogP contribution in [0.1, 0.15) is 79.7 Å². The fourth-order valence-corrected chi connectivity index (χ4v) is 13.2. The Balaban J connectivity index is 0.775. The summed E-state index contributed by atoms with van der Waals surface area (Å²) in [5, 5.41) is 2.39. The van der Waals surface area contributed by atoms with Gasteiger partial charge in [0.15, 0.2) is 0 Å². The molecule has 2 atom stereocenters. The summed E-state index contributed by atoms with van der Waals surface area (Å²) in [5.41, 5.74) is 25.1. The van der Waals surface area contributed by atoms with Crippen molar-refractivity contribution in [3.63, 3.8) is 0 Å². The second-order valence-corrected chi connectivity index (χ2v) is 21.0. The molecule has 5 aliphatic rings. The molecule has 4 heteroatoms. The summed E-state index contributed by atoms with van der Waals surface area (Å²) in [7, 11) is 0. The molecule has 2 unspecified atom stereocenters. The van der Waals surface area contributed by atoms with E-state index in [9.17, 15) is 0 Å². The molecule has 360 valence electrons. The van der Waals surface area contributed by atoms with Crippen molar-refractivity contribution in [3.05, 3.63) is 310 Å². The first-order chi connectivity index (χ1) is 37.6. The fourth-order valence-electron chi connectivity index (χ4n) is 13.2. The van der Waals surface area contributed by atoms with Gasteiger partial charge in [0.2, 0.25) is 0 Å². The zero-order valence-corrected chi connectivity index (χ0v) is 41.7. The van der Waals surface area contributed by atoms with Gasteiger partial charge in [0, 0.05) is 70.7 Å². The minimum Gasteiger partial charge on any atom is -0.485 e. The first kappa shape index (κ1) is 43.1. The van der Waals surface area contributed by atoms with Crippen LogP contribution in [-0.4, -0.2) is 4.57 Å². The highest BCUT2D eigenvalue weighted by Gasteiger charge is 2.41. The summed E-state index contributed by atoms with van der Waals surface area (Å²) < 4.78 is 16.0. The van der Waals surface area contributed by atoms with Gasteiger partial charge in [-0.3, -0.25) is 0 Å². The predicted octanol–water partition coefficient (Wildman–Crippen LogP) is 17.9.